The number of imide groups is 1. The molecule has 1 heterocycles. The van der Waals surface area contributed by atoms with Crippen molar-refractivity contribution in [3.8, 4) is 39.4 Å². The Morgan fingerprint density at radius 1 is 0.372 bits per heavy atom. The molecule has 0 bridgehead atoms. The van der Waals surface area contributed by atoms with E-state index in [4.69, 9.17) is 44.7 Å². The fourth-order valence-electron chi connectivity index (χ4n) is 15.5. The molecule has 137 heavy (non-hydrogen) atoms. The first-order valence-electron chi connectivity index (χ1n) is 45.2. The Bertz CT molecular complexity index is 5110. The van der Waals surface area contributed by atoms with Crippen LogP contribution in [-0.2, 0) is 91.0 Å². The Morgan fingerprint density at radius 2 is 0.664 bits per heavy atom. The molecule has 0 saturated carbocycles. The van der Waals surface area contributed by atoms with Crippen LogP contribution in [0, 0.1) is 11.3 Å². The zero-order valence-corrected chi connectivity index (χ0v) is 79.2. The first-order chi connectivity index (χ1) is 65.8. The van der Waals surface area contributed by atoms with Crippen LogP contribution in [0.1, 0.15) is 220 Å². The van der Waals surface area contributed by atoms with E-state index in [1.807, 2.05) is 127 Å². The molecule has 5 atom stereocenters. The molecule has 1 fully saturated rings. The number of alkyl carbamates (subject to hydrolysis) is 3. The smallest absolute Gasteiger partial charge is 0.407 e. The van der Waals surface area contributed by atoms with Crippen LogP contribution in [0.5, 0.6) is 0 Å². The minimum Gasteiger partial charge on any atom is -0.481 e. The monoisotopic (exact) mass is 1950 g/mol. The molecule has 5 unspecified atom stereocenters. The zero-order valence-electron chi connectivity index (χ0n) is 76.8. The number of hydrogen-bond donors (Lipinski definition) is 12. The number of amides is 10. The number of carbonyl (C=O) groups is 18. The van der Waals surface area contributed by atoms with E-state index < -0.39 is 121 Å². The average Bonchev–Trinajstić information content (AvgIpc) is 1.63. The maximum Gasteiger partial charge on any atom is 0.407 e. The van der Waals surface area contributed by atoms with Gasteiger partial charge in [0, 0.05) is 114 Å². The molecule has 1 saturated heterocycles. The summed E-state index contributed by atoms with van der Waals surface area (Å²) in [5.41, 5.74) is 13.1. The average molecular weight is 1950 g/mol. The molecular weight excluding hydrogens is 1830 g/mol. The summed E-state index contributed by atoms with van der Waals surface area (Å²) in [7, 11) is 0. The number of nitrogens with zero attached hydrogens (tertiary/aromatic N) is 2. The van der Waals surface area contributed by atoms with Crippen molar-refractivity contribution in [3.05, 3.63) is 179 Å². The van der Waals surface area contributed by atoms with Crippen molar-refractivity contribution in [1.82, 2.24) is 47.6 Å². The lowest BCUT2D eigenvalue weighted by atomic mass is 9.98. The van der Waals surface area contributed by atoms with Gasteiger partial charge in [-0.1, -0.05) is 200 Å². The molecular formula is C98H118N10O26S3. The third kappa shape index (κ3) is 38.0. The van der Waals surface area contributed by atoms with Crippen molar-refractivity contribution in [2.24, 2.45) is 0 Å². The van der Waals surface area contributed by atoms with Crippen molar-refractivity contribution in [3.63, 3.8) is 0 Å². The predicted molar refractivity (Wildman–Crippen MR) is 510 cm³/mol. The maximum atomic E-state index is 13.1. The number of carboxylic acid groups (broad SMARTS) is 4. The summed E-state index contributed by atoms with van der Waals surface area (Å²) >= 11 is 3.47. The van der Waals surface area contributed by atoms with Gasteiger partial charge >= 0.3 is 48.1 Å². The maximum absolute atomic E-state index is 13.1. The van der Waals surface area contributed by atoms with E-state index in [0.717, 1.165) is 90.3 Å². The van der Waals surface area contributed by atoms with Gasteiger partial charge in [0.15, 0.2) is 15.3 Å². The largest absolute Gasteiger partial charge is 0.481 e. The lowest BCUT2D eigenvalue weighted by Gasteiger charge is -2.20. The fourth-order valence-corrected chi connectivity index (χ4v) is 17.3. The number of benzene rings is 6. The molecule has 6 aromatic rings. The first kappa shape index (κ1) is 111. The highest BCUT2D eigenvalue weighted by Crippen LogP contribution is 2.47. The number of fused-ring (bicyclic) bond motifs is 9. The van der Waals surface area contributed by atoms with Gasteiger partial charge in [-0.3, -0.25) is 62.3 Å². The fraction of sp³-hybridized carbons (Fsp3) is 0.439. The second-order valence-electron chi connectivity index (χ2n) is 32.2. The summed E-state index contributed by atoms with van der Waals surface area (Å²) in [4.78, 5) is 220. The number of nitrogens with one attached hydrogen (secondary N) is 8. The van der Waals surface area contributed by atoms with Crippen LogP contribution in [0.15, 0.2) is 146 Å². The molecule has 0 spiro atoms. The normalized spacial score (nSPS) is 13.3. The molecule has 39 heteroatoms. The van der Waals surface area contributed by atoms with Crippen molar-refractivity contribution < 1.29 is 126 Å². The quantitative estimate of drug-likeness (QED) is 0.00958. The molecule has 10 rings (SSSR count). The van der Waals surface area contributed by atoms with Crippen molar-refractivity contribution in [2.75, 3.05) is 56.7 Å². The summed E-state index contributed by atoms with van der Waals surface area (Å²) in [5, 5.41) is 64.3. The molecule has 36 nitrogen and oxygen atoms in total. The summed E-state index contributed by atoms with van der Waals surface area (Å²) in [6.45, 7) is 7.11. The summed E-state index contributed by atoms with van der Waals surface area (Å²) < 4.78 is 16.8. The number of ether oxygens (including phenoxy) is 3. The molecule has 3 aliphatic carbocycles. The number of unbranched alkanes of at least 4 members (excludes halogenated alkanes) is 6. The zero-order chi connectivity index (χ0) is 99.7. The minimum absolute atomic E-state index is 0.00635. The van der Waals surface area contributed by atoms with E-state index in [-0.39, 0.29) is 110 Å². The highest BCUT2D eigenvalue weighted by atomic mass is 32.2. The third-order valence-corrected chi connectivity index (χ3v) is 24.7. The van der Waals surface area contributed by atoms with Gasteiger partial charge in [-0.05, 0) is 144 Å². The van der Waals surface area contributed by atoms with Gasteiger partial charge in [-0.25, -0.2) is 24.0 Å². The molecule has 0 aromatic heterocycles. The lowest BCUT2D eigenvalue weighted by molar-refractivity contribution is -0.197. The molecule has 12 N–H and O–H groups in total. The van der Waals surface area contributed by atoms with Gasteiger partial charge in [-0.2, -0.15) is 5.26 Å². The van der Waals surface area contributed by atoms with Gasteiger partial charge in [0.2, 0.25) is 29.5 Å². The van der Waals surface area contributed by atoms with Crippen LogP contribution in [0.25, 0.3) is 33.4 Å². The summed E-state index contributed by atoms with van der Waals surface area (Å²) in [6, 6.07) is 43.7. The summed E-state index contributed by atoms with van der Waals surface area (Å²) in [5.74, 6) is -8.91. The van der Waals surface area contributed by atoms with E-state index >= 15 is 0 Å². The van der Waals surface area contributed by atoms with E-state index in [1.165, 1.54) is 39.5 Å². The van der Waals surface area contributed by atoms with E-state index in [2.05, 4.69) is 61.5 Å². The number of aliphatic carboxylic acids is 4. The second kappa shape index (κ2) is 59.4. The van der Waals surface area contributed by atoms with E-state index in [0.29, 0.717) is 125 Å². The number of rotatable bonds is 51. The molecule has 734 valence electrons. The van der Waals surface area contributed by atoms with E-state index in [9.17, 15) is 86.3 Å². The Labute approximate surface area is 806 Å². The van der Waals surface area contributed by atoms with Gasteiger partial charge in [-0.15, -0.1) is 5.06 Å². The third-order valence-electron chi connectivity index (χ3n) is 22.0. The first-order valence-corrected chi connectivity index (χ1v) is 48.2. The number of nitriles is 1. The van der Waals surface area contributed by atoms with Crippen molar-refractivity contribution in [2.45, 2.75) is 217 Å². The Hall–Kier alpha value is -13.5. The van der Waals surface area contributed by atoms with Gasteiger partial charge in [0.05, 0.1) is 18.9 Å². The van der Waals surface area contributed by atoms with Crippen LogP contribution >= 0.6 is 35.3 Å². The highest BCUT2D eigenvalue weighted by Gasteiger charge is 2.37. The minimum atomic E-state index is -1.82. The summed E-state index contributed by atoms with van der Waals surface area (Å²) in [6.07, 6.45) is 3.40. The SMILES string of the molecule is CC#N.CC(=O)SCCCC(NC(=O)OCC1c2ccccc2-c2ccccc21)C(=O)NCCCCCC(=O)NC(CC(=O)O)C(=O)NC(CC(=O)O)C(=O)O.CC(=O)SCCCC(NC(=O)OCC1c2ccccc2-c2ccccc21)C(=O)NCCCCCC(=O)O.CC(=O)SCCCC(NC(=O)OCC1c2ccccc2-c2ccccc21)C(=O)NCCCCCC(=O)ON1C(=O)CCC1=O. The van der Waals surface area contributed by atoms with Crippen LogP contribution in [0.2, 0.25) is 0 Å². The molecule has 10 amide bonds. The Balaban J connectivity index is 0.000000280. The predicted octanol–water partition coefficient (Wildman–Crippen LogP) is 12.1. The highest BCUT2D eigenvalue weighted by molar-refractivity contribution is 8.14. The molecule has 6 aromatic carbocycles. The number of hydrogen-bond acceptors (Lipinski definition) is 26. The topological polar surface area (TPSA) is 548 Å². The van der Waals surface area contributed by atoms with Crippen molar-refractivity contribution in [1.29, 1.82) is 5.26 Å². The number of thioether (sulfide) groups is 3. The molecule has 1 aliphatic heterocycles. The molecule has 4 aliphatic rings. The molecule has 0 radical (unpaired) electrons. The van der Waals surface area contributed by atoms with Crippen LogP contribution < -0.4 is 42.5 Å². The number of carbonyl (C=O) groups excluding carboxylic acids is 14. The van der Waals surface area contributed by atoms with Crippen LogP contribution in [0.3, 0.4) is 0 Å². The van der Waals surface area contributed by atoms with Gasteiger partial charge in [0.1, 0.15) is 50.0 Å². The van der Waals surface area contributed by atoms with Gasteiger partial charge < -0.3 is 82.0 Å². The number of carboxylic acids is 4. The van der Waals surface area contributed by atoms with Crippen molar-refractivity contribution >= 4 is 140 Å². The Kier molecular flexibility index (Phi) is 47.9. The standard InChI is InChI=1S/C36H44N4O12S.C32H37N3O8S.C28H34N2O6S.C2H3N/c1-21(41)53-17-9-14-27(40-36(51)52-20-26-24-12-6-4-10-22(24)23-11-5-7-13-25(23)26)33(47)37-16-8-2-3-15-30(42)38-28(18-31(43)44)34(48)39-29(35(49)50)19-32(45)46;1-21(36)44-19-9-14-27(31(40)33-18-8-2-3-15-30(39)43-35-28(37)16-17-29(35)38)34-32(41)42-20-26-24-12-6-4-10-22(24)23-11-5-7-13-25(23)26;1-19(31)37-17-9-14-25(27(34)29-16-8-2-3-15-26(32)33)30-28(35)36-18-24-22-12-6-4-10-20(22)21-11-5-7-13-23(21)24;1-2-3/h4-7,10-13,26-29H,2-3,8-9,14-20H2,1H3,(H,37,47)(H,38,42)(H,39,48)(H,40,51)(H,43,44)(H,45,46)(H,49,50);4-7,10-13,26-27H,2-3,8-9,14-20H2,1H3,(H,33,40)(H,34,41);4-7,10-13,24-25H,2-3,8-9,14-18H2,1H3,(H,29,34)(H,30,35)(H,32,33);1H3. The van der Waals surface area contributed by atoms with Crippen LogP contribution in [0.4, 0.5) is 14.4 Å². The van der Waals surface area contributed by atoms with Crippen LogP contribution in [-0.4, -0.2) is 217 Å². The Morgan fingerprint density at radius 3 is 0.956 bits per heavy atom. The number of hydroxylamine groups is 2. The van der Waals surface area contributed by atoms with Gasteiger partial charge in [0.25, 0.3) is 11.8 Å². The van der Waals surface area contributed by atoms with E-state index in [1.54, 1.807) is 6.07 Å². The second-order valence-corrected chi connectivity index (χ2v) is 36.0. The lowest BCUT2D eigenvalue weighted by Crippen LogP contribution is -2.52.